The number of aliphatic hydroxyl groups is 2. The molecule has 3 N–H and O–H groups in total. The third-order valence-corrected chi connectivity index (χ3v) is 5.47. The Kier molecular flexibility index (Phi) is 7.29. The van der Waals surface area contributed by atoms with Crippen LogP contribution in [0.1, 0.15) is 19.1 Å². The maximum Gasteiger partial charge on any atom is 0.366 e. The summed E-state index contributed by atoms with van der Waals surface area (Å²) in [7, 11) is -4.28. The van der Waals surface area contributed by atoms with Gasteiger partial charge in [-0.2, -0.15) is 10.5 Å². The highest BCUT2D eigenvalue weighted by atomic mass is 31.2. The summed E-state index contributed by atoms with van der Waals surface area (Å²) >= 11 is 0. The Hall–Kier alpha value is -2.73. The average molecular weight is 412 g/mol. The van der Waals surface area contributed by atoms with Crippen LogP contribution in [0.2, 0.25) is 0 Å². The Morgan fingerprint density at radius 1 is 1.29 bits per heavy atom. The second-order valence-electron chi connectivity index (χ2n) is 5.48. The van der Waals surface area contributed by atoms with E-state index in [1.165, 1.54) is 0 Å². The van der Waals surface area contributed by atoms with E-state index in [-0.39, 0.29) is 31.8 Å². The molecule has 0 radical (unpaired) electrons. The molecular weight excluding hydrogens is 395 g/mol. The highest BCUT2D eigenvalue weighted by Crippen LogP contribution is 2.56. The molecule has 28 heavy (non-hydrogen) atoms. The Morgan fingerprint density at radius 2 is 1.89 bits per heavy atom. The summed E-state index contributed by atoms with van der Waals surface area (Å²) in [5.41, 5.74) is -1.51. The van der Waals surface area contributed by atoms with E-state index in [9.17, 15) is 24.4 Å². The molecule has 0 bridgehead atoms. The van der Waals surface area contributed by atoms with Gasteiger partial charge in [-0.1, -0.05) is 0 Å². The van der Waals surface area contributed by atoms with Crippen LogP contribution in [0.4, 0.5) is 0 Å². The average Bonchev–Trinajstić information content (AvgIpc) is 3.03. The van der Waals surface area contributed by atoms with Gasteiger partial charge in [-0.15, -0.1) is 0 Å². The Morgan fingerprint density at radius 3 is 2.43 bits per heavy atom. The van der Waals surface area contributed by atoms with E-state index < -0.39 is 37.0 Å². The van der Waals surface area contributed by atoms with Crippen molar-refractivity contribution in [3.05, 3.63) is 44.9 Å². The lowest BCUT2D eigenvalue weighted by molar-refractivity contribution is -0.0170. The SMILES string of the molecule is N#CCCOP(=O)(OCCC#N)C(O)C1=C[C@@H](O)[C@H](n2ccc(=O)[nH]c2=O)O1. The van der Waals surface area contributed by atoms with Crippen molar-refractivity contribution in [2.75, 3.05) is 13.2 Å². The van der Waals surface area contributed by atoms with Crippen molar-refractivity contribution in [2.24, 2.45) is 0 Å². The highest BCUT2D eigenvalue weighted by molar-refractivity contribution is 7.54. The fourth-order valence-electron chi connectivity index (χ4n) is 2.27. The second-order valence-corrected chi connectivity index (χ2v) is 7.57. The van der Waals surface area contributed by atoms with Gasteiger partial charge in [0.1, 0.15) is 11.9 Å². The number of nitrogens with one attached hydrogen (secondary N) is 1. The third-order valence-electron chi connectivity index (χ3n) is 3.53. The van der Waals surface area contributed by atoms with Gasteiger partial charge in [0, 0.05) is 12.3 Å². The van der Waals surface area contributed by atoms with Crippen molar-refractivity contribution in [2.45, 2.75) is 31.0 Å². The van der Waals surface area contributed by atoms with Crippen molar-refractivity contribution in [3.8, 4) is 12.1 Å². The molecule has 150 valence electrons. The first-order valence-electron chi connectivity index (χ1n) is 8.01. The van der Waals surface area contributed by atoms with Crippen LogP contribution in [0.25, 0.3) is 0 Å². The van der Waals surface area contributed by atoms with Gasteiger partial charge in [-0.05, 0) is 6.08 Å². The van der Waals surface area contributed by atoms with Crippen molar-refractivity contribution >= 4 is 7.60 Å². The van der Waals surface area contributed by atoms with Gasteiger partial charge < -0.3 is 24.0 Å². The van der Waals surface area contributed by atoms with Crippen LogP contribution in [0, 0.1) is 22.7 Å². The monoisotopic (exact) mass is 412 g/mol. The predicted octanol–water partition coefficient (Wildman–Crippen LogP) is -0.318. The number of nitriles is 2. The minimum absolute atomic E-state index is 0.129. The number of nitrogens with zero attached hydrogens (tertiary/aromatic N) is 3. The van der Waals surface area contributed by atoms with Gasteiger partial charge in [0.05, 0.1) is 38.2 Å². The van der Waals surface area contributed by atoms with Crippen LogP contribution in [0.3, 0.4) is 0 Å². The third kappa shape index (κ3) is 4.95. The molecule has 0 saturated carbocycles. The number of rotatable bonds is 9. The molecule has 13 heteroatoms. The van der Waals surface area contributed by atoms with E-state index in [1.807, 2.05) is 4.98 Å². The molecule has 0 saturated heterocycles. The number of aliphatic hydroxyl groups excluding tert-OH is 2. The molecule has 3 atom stereocenters. The number of ether oxygens (including phenoxy) is 1. The van der Waals surface area contributed by atoms with Gasteiger partial charge in [-0.3, -0.25) is 18.9 Å². The molecule has 1 unspecified atom stereocenters. The zero-order valence-corrected chi connectivity index (χ0v) is 15.3. The van der Waals surface area contributed by atoms with E-state index >= 15 is 0 Å². The molecule has 12 nitrogen and oxygen atoms in total. The summed E-state index contributed by atoms with van der Waals surface area (Å²) in [6.45, 7) is -0.619. The minimum Gasteiger partial charge on any atom is -0.468 e. The summed E-state index contributed by atoms with van der Waals surface area (Å²) in [6, 6.07) is 4.58. The van der Waals surface area contributed by atoms with Gasteiger partial charge in [0.15, 0.2) is 0 Å². The molecule has 1 aromatic heterocycles. The van der Waals surface area contributed by atoms with Crippen molar-refractivity contribution in [1.29, 1.82) is 10.5 Å². The molecule has 0 aromatic carbocycles. The zero-order chi connectivity index (χ0) is 20.7. The van der Waals surface area contributed by atoms with Gasteiger partial charge in [0.25, 0.3) is 5.56 Å². The van der Waals surface area contributed by atoms with Crippen LogP contribution < -0.4 is 11.2 Å². The maximum absolute atomic E-state index is 12.9. The second kappa shape index (κ2) is 9.46. The fourth-order valence-corrected chi connectivity index (χ4v) is 3.77. The predicted molar refractivity (Wildman–Crippen MR) is 91.5 cm³/mol. The Labute approximate surface area is 158 Å². The molecule has 1 aliphatic rings. The van der Waals surface area contributed by atoms with E-state index in [0.29, 0.717) is 0 Å². The van der Waals surface area contributed by atoms with Crippen LogP contribution in [-0.4, -0.2) is 44.9 Å². The van der Waals surface area contributed by atoms with Crippen LogP contribution in [0.5, 0.6) is 0 Å². The van der Waals surface area contributed by atoms with Crippen molar-refractivity contribution in [1.82, 2.24) is 9.55 Å². The summed E-state index contributed by atoms with van der Waals surface area (Å²) in [6.07, 6.45) is -0.904. The number of aromatic nitrogens is 2. The first-order valence-corrected chi connectivity index (χ1v) is 9.62. The summed E-state index contributed by atoms with van der Waals surface area (Å²) < 4.78 is 29.2. The van der Waals surface area contributed by atoms with E-state index in [2.05, 4.69) is 0 Å². The Bertz CT molecular complexity index is 948. The number of hydrogen-bond donors (Lipinski definition) is 3. The quantitative estimate of drug-likeness (QED) is 0.358. The maximum atomic E-state index is 12.9. The smallest absolute Gasteiger partial charge is 0.366 e. The topological polar surface area (TPSA) is 188 Å². The van der Waals surface area contributed by atoms with Crippen LogP contribution >= 0.6 is 7.60 Å². The minimum atomic E-state index is -4.28. The lowest BCUT2D eigenvalue weighted by atomic mass is 10.3. The van der Waals surface area contributed by atoms with E-state index in [1.54, 1.807) is 12.1 Å². The number of aromatic amines is 1. The molecular formula is C15H17N4O8P. The van der Waals surface area contributed by atoms with Gasteiger partial charge in [-0.25, -0.2) is 4.79 Å². The first-order chi connectivity index (χ1) is 13.3. The number of hydrogen-bond acceptors (Lipinski definition) is 10. The lowest BCUT2D eigenvalue weighted by Crippen LogP contribution is -2.35. The first kappa shape index (κ1) is 21.6. The molecule has 0 fully saturated rings. The highest BCUT2D eigenvalue weighted by Gasteiger charge is 2.43. The molecule has 0 amide bonds. The lowest BCUT2D eigenvalue weighted by Gasteiger charge is -2.24. The standard InChI is InChI=1S/C15H17N4O8P/c16-4-1-7-25-28(24,26-8-2-5-17)14(22)11-9-10(20)13(27-11)19-6-3-12(21)18-15(19)23/h3,6,9-10,13-14,20,22H,1-2,7-8H2,(H,18,21,23)/t10-,13-,14?/m1/s1. The van der Waals surface area contributed by atoms with Gasteiger partial charge in [0.2, 0.25) is 12.1 Å². The van der Waals surface area contributed by atoms with E-state index in [4.69, 9.17) is 24.3 Å². The molecule has 0 aliphatic carbocycles. The van der Waals surface area contributed by atoms with Crippen molar-refractivity contribution in [3.63, 3.8) is 0 Å². The normalized spacial score (nSPS) is 19.9. The van der Waals surface area contributed by atoms with Crippen LogP contribution in [0.15, 0.2) is 33.7 Å². The zero-order valence-electron chi connectivity index (χ0n) is 14.4. The van der Waals surface area contributed by atoms with E-state index in [0.717, 1.165) is 22.9 Å². The van der Waals surface area contributed by atoms with Crippen molar-refractivity contribution < 1.29 is 28.6 Å². The summed E-state index contributed by atoms with van der Waals surface area (Å²) in [4.78, 5) is 25.0. The molecule has 0 spiro atoms. The Balaban J connectivity index is 2.21. The molecule has 2 rings (SSSR count). The fraction of sp³-hybridized carbons (Fsp3) is 0.467. The summed E-state index contributed by atoms with van der Waals surface area (Å²) in [5.74, 6) is -2.35. The summed E-state index contributed by atoms with van der Waals surface area (Å²) in [5, 5.41) is 37.7. The molecule has 2 heterocycles. The number of H-pyrrole nitrogens is 1. The largest absolute Gasteiger partial charge is 0.468 e. The molecule has 1 aromatic rings. The molecule has 1 aliphatic heterocycles. The van der Waals surface area contributed by atoms with Crippen LogP contribution in [-0.2, 0) is 18.3 Å². The van der Waals surface area contributed by atoms with Gasteiger partial charge >= 0.3 is 13.3 Å².